The van der Waals surface area contributed by atoms with Crippen LogP contribution in [-0.2, 0) is 0 Å². The van der Waals surface area contributed by atoms with Crippen LogP contribution in [0.2, 0.25) is 0 Å². The molecule has 0 saturated heterocycles. The summed E-state index contributed by atoms with van der Waals surface area (Å²) in [5.74, 6) is -0.151. The second kappa shape index (κ2) is 7.71. The van der Waals surface area contributed by atoms with Gasteiger partial charge in [-0.05, 0) is 25.0 Å². The number of rotatable bonds is 7. The summed E-state index contributed by atoms with van der Waals surface area (Å²) >= 11 is 0. The summed E-state index contributed by atoms with van der Waals surface area (Å²) in [6, 6.07) is 7.41. The Labute approximate surface area is 108 Å². The number of carbonyl (C=O) groups is 1. The lowest BCUT2D eigenvalue weighted by molar-refractivity contribution is 0.0914. The predicted molar refractivity (Wildman–Crippen MR) is 73.9 cm³/mol. The van der Waals surface area contributed by atoms with Gasteiger partial charge < -0.3 is 15.7 Å². The molecule has 0 spiro atoms. The average molecular weight is 250 g/mol. The van der Waals surface area contributed by atoms with Crippen molar-refractivity contribution in [3.05, 3.63) is 29.8 Å². The topological polar surface area (TPSA) is 61.4 Å². The first kappa shape index (κ1) is 14.5. The van der Waals surface area contributed by atoms with Gasteiger partial charge in [0.1, 0.15) is 0 Å². The van der Waals surface area contributed by atoms with Gasteiger partial charge in [0, 0.05) is 18.8 Å². The van der Waals surface area contributed by atoms with Crippen molar-refractivity contribution in [2.24, 2.45) is 0 Å². The summed E-state index contributed by atoms with van der Waals surface area (Å²) in [6.45, 7) is 5.08. The summed E-state index contributed by atoms with van der Waals surface area (Å²) in [5, 5.41) is 15.4. The fourth-order valence-electron chi connectivity index (χ4n) is 1.55. The van der Waals surface area contributed by atoms with E-state index in [1.54, 1.807) is 6.07 Å². The Morgan fingerprint density at radius 1 is 1.33 bits per heavy atom. The molecule has 18 heavy (non-hydrogen) atoms. The molecule has 4 heteroatoms. The molecule has 0 saturated carbocycles. The predicted octanol–water partition coefficient (Wildman–Crippen LogP) is 2.01. The summed E-state index contributed by atoms with van der Waals surface area (Å²) in [5.41, 5.74) is 1.46. The number of anilines is 1. The third-order valence-corrected chi connectivity index (χ3v) is 2.71. The molecule has 1 aromatic rings. The van der Waals surface area contributed by atoms with Gasteiger partial charge in [-0.2, -0.15) is 0 Å². The first-order valence-corrected chi connectivity index (χ1v) is 6.48. The zero-order chi connectivity index (χ0) is 13.4. The van der Waals surface area contributed by atoms with Crippen molar-refractivity contribution in [1.82, 2.24) is 5.32 Å². The maximum Gasteiger partial charge on any atom is 0.253 e. The Balaban J connectivity index is 2.66. The number of aliphatic hydroxyl groups excluding tert-OH is 1. The lowest BCUT2D eigenvalue weighted by Gasteiger charge is -2.13. The Morgan fingerprint density at radius 3 is 2.72 bits per heavy atom. The van der Waals surface area contributed by atoms with Crippen LogP contribution in [-0.4, -0.2) is 30.2 Å². The number of para-hydroxylation sites is 1. The van der Waals surface area contributed by atoms with Crippen LogP contribution >= 0.6 is 0 Å². The second-order valence-electron chi connectivity index (χ2n) is 4.24. The Bertz CT molecular complexity index is 380. The molecule has 1 aromatic carbocycles. The average Bonchev–Trinajstić information content (AvgIpc) is 2.42. The van der Waals surface area contributed by atoms with Gasteiger partial charge in [-0.3, -0.25) is 4.79 Å². The van der Waals surface area contributed by atoms with E-state index < -0.39 is 6.10 Å². The third-order valence-electron chi connectivity index (χ3n) is 2.71. The Kier molecular flexibility index (Phi) is 6.22. The standard InChI is InChI=1S/C14H22N2O2/c1-3-9-15-13-8-6-5-7-12(13)14(18)16-10-11(17)4-2/h5-8,11,15,17H,3-4,9-10H2,1-2H3,(H,16,18). The van der Waals surface area contributed by atoms with Crippen LogP contribution < -0.4 is 10.6 Å². The molecule has 1 rings (SSSR count). The zero-order valence-electron chi connectivity index (χ0n) is 11.1. The quantitative estimate of drug-likeness (QED) is 0.693. The van der Waals surface area contributed by atoms with Gasteiger partial charge in [-0.1, -0.05) is 26.0 Å². The fraction of sp³-hybridized carbons (Fsp3) is 0.500. The van der Waals surface area contributed by atoms with E-state index in [0.717, 1.165) is 18.7 Å². The summed E-state index contributed by atoms with van der Waals surface area (Å²) in [7, 11) is 0. The molecule has 0 aliphatic carbocycles. The fourth-order valence-corrected chi connectivity index (χ4v) is 1.55. The highest BCUT2D eigenvalue weighted by atomic mass is 16.3. The number of carbonyl (C=O) groups excluding carboxylic acids is 1. The summed E-state index contributed by atoms with van der Waals surface area (Å²) in [4.78, 5) is 12.0. The molecule has 100 valence electrons. The van der Waals surface area contributed by atoms with E-state index in [0.29, 0.717) is 12.0 Å². The Hall–Kier alpha value is -1.55. The first-order chi connectivity index (χ1) is 8.69. The van der Waals surface area contributed by atoms with Crippen LogP contribution in [0, 0.1) is 0 Å². The summed E-state index contributed by atoms with van der Waals surface area (Å²) in [6.07, 6.45) is 1.16. The number of hydrogen-bond donors (Lipinski definition) is 3. The molecule has 0 aromatic heterocycles. The third kappa shape index (κ3) is 4.37. The minimum Gasteiger partial charge on any atom is -0.391 e. The molecule has 1 amide bonds. The number of aliphatic hydroxyl groups is 1. The molecular formula is C14H22N2O2. The van der Waals surface area contributed by atoms with Gasteiger partial charge >= 0.3 is 0 Å². The summed E-state index contributed by atoms with van der Waals surface area (Å²) < 4.78 is 0. The van der Waals surface area contributed by atoms with Gasteiger partial charge in [0.15, 0.2) is 0 Å². The van der Waals surface area contributed by atoms with Crippen molar-refractivity contribution in [2.45, 2.75) is 32.8 Å². The minimum absolute atomic E-state index is 0.151. The van der Waals surface area contributed by atoms with Crippen molar-refractivity contribution in [3.8, 4) is 0 Å². The van der Waals surface area contributed by atoms with Gasteiger partial charge in [0.05, 0.1) is 11.7 Å². The first-order valence-electron chi connectivity index (χ1n) is 6.48. The van der Waals surface area contributed by atoms with Gasteiger partial charge in [0.25, 0.3) is 5.91 Å². The van der Waals surface area contributed by atoms with Crippen molar-refractivity contribution < 1.29 is 9.90 Å². The molecule has 0 aliphatic heterocycles. The van der Waals surface area contributed by atoms with Crippen molar-refractivity contribution in [2.75, 3.05) is 18.4 Å². The van der Waals surface area contributed by atoms with E-state index in [1.165, 1.54) is 0 Å². The molecule has 1 unspecified atom stereocenters. The van der Waals surface area contributed by atoms with Crippen molar-refractivity contribution >= 4 is 11.6 Å². The highest BCUT2D eigenvalue weighted by Crippen LogP contribution is 2.14. The van der Waals surface area contributed by atoms with Gasteiger partial charge in [-0.25, -0.2) is 0 Å². The molecule has 3 N–H and O–H groups in total. The van der Waals surface area contributed by atoms with Crippen molar-refractivity contribution in [3.63, 3.8) is 0 Å². The van der Waals surface area contributed by atoms with E-state index in [2.05, 4.69) is 17.6 Å². The van der Waals surface area contributed by atoms with Crippen LogP contribution in [0.25, 0.3) is 0 Å². The van der Waals surface area contributed by atoms with E-state index >= 15 is 0 Å². The van der Waals surface area contributed by atoms with Crippen LogP contribution in [0.3, 0.4) is 0 Å². The van der Waals surface area contributed by atoms with Crippen LogP contribution in [0.1, 0.15) is 37.0 Å². The minimum atomic E-state index is -0.482. The molecule has 0 fully saturated rings. The molecule has 1 atom stereocenters. The zero-order valence-corrected chi connectivity index (χ0v) is 11.1. The largest absolute Gasteiger partial charge is 0.391 e. The second-order valence-corrected chi connectivity index (χ2v) is 4.24. The SMILES string of the molecule is CCCNc1ccccc1C(=O)NCC(O)CC. The molecule has 0 aliphatic rings. The lowest BCUT2D eigenvalue weighted by Crippen LogP contribution is -2.32. The molecular weight excluding hydrogens is 228 g/mol. The maximum absolute atomic E-state index is 12.0. The highest BCUT2D eigenvalue weighted by molar-refractivity contribution is 5.99. The molecule has 0 heterocycles. The Morgan fingerprint density at radius 2 is 2.06 bits per heavy atom. The van der Waals surface area contributed by atoms with Gasteiger partial charge in [0.2, 0.25) is 0 Å². The van der Waals surface area contributed by atoms with E-state index in [9.17, 15) is 9.90 Å². The number of hydrogen-bond acceptors (Lipinski definition) is 3. The number of benzene rings is 1. The van der Waals surface area contributed by atoms with E-state index in [-0.39, 0.29) is 12.5 Å². The smallest absolute Gasteiger partial charge is 0.253 e. The maximum atomic E-state index is 12.0. The highest BCUT2D eigenvalue weighted by Gasteiger charge is 2.11. The van der Waals surface area contributed by atoms with Crippen molar-refractivity contribution in [1.29, 1.82) is 0 Å². The van der Waals surface area contributed by atoms with Crippen LogP contribution in [0.15, 0.2) is 24.3 Å². The molecule has 0 radical (unpaired) electrons. The van der Waals surface area contributed by atoms with E-state index in [1.807, 2.05) is 25.1 Å². The van der Waals surface area contributed by atoms with Crippen LogP contribution in [0.4, 0.5) is 5.69 Å². The van der Waals surface area contributed by atoms with E-state index in [4.69, 9.17) is 0 Å². The molecule has 0 bridgehead atoms. The number of amides is 1. The number of nitrogens with one attached hydrogen (secondary N) is 2. The van der Waals surface area contributed by atoms with Crippen LogP contribution in [0.5, 0.6) is 0 Å². The lowest BCUT2D eigenvalue weighted by atomic mass is 10.1. The van der Waals surface area contributed by atoms with Gasteiger partial charge in [-0.15, -0.1) is 0 Å². The monoisotopic (exact) mass is 250 g/mol. The normalized spacial score (nSPS) is 11.9. The molecule has 4 nitrogen and oxygen atoms in total.